The number of nitrogen functional groups attached to an aromatic ring is 1. The van der Waals surface area contributed by atoms with E-state index in [1.165, 1.54) is 18.2 Å². The molecule has 0 radical (unpaired) electrons. The average Bonchev–Trinajstić information content (AvgIpc) is 2.43. The van der Waals surface area contributed by atoms with E-state index in [1.54, 1.807) is 20.8 Å². The molecule has 0 aliphatic carbocycles. The van der Waals surface area contributed by atoms with Gasteiger partial charge in [-0.05, 0) is 39.0 Å². The van der Waals surface area contributed by atoms with Crippen LogP contribution in [0.4, 0.5) is 40.7 Å². The van der Waals surface area contributed by atoms with E-state index in [0.29, 0.717) is 17.8 Å². The number of anilines is 4. The normalized spacial score (nSPS) is 11.1. The summed E-state index contributed by atoms with van der Waals surface area (Å²) >= 11 is 0. The zero-order valence-electron chi connectivity index (χ0n) is 13.9. The van der Waals surface area contributed by atoms with Crippen LogP contribution in [0.25, 0.3) is 0 Å². The maximum atomic E-state index is 13.8. The molecule has 134 valence electrons. The molecule has 0 saturated heterocycles. The molecule has 2 aromatic rings. The Morgan fingerprint density at radius 2 is 1.68 bits per heavy atom. The predicted octanol–water partition coefficient (Wildman–Crippen LogP) is 4.78. The molecule has 0 heterocycles. The minimum Gasteiger partial charge on any atom is -0.444 e. The van der Waals surface area contributed by atoms with Gasteiger partial charge in [-0.1, -0.05) is 0 Å². The lowest BCUT2D eigenvalue weighted by molar-refractivity contribution is 0.0636. The highest BCUT2D eigenvalue weighted by atomic mass is 19.1. The zero-order chi connectivity index (χ0) is 18.8. The minimum atomic E-state index is -1.11. The number of nitrogens with one attached hydrogen (secondary N) is 2. The van der Waals surface area contributed by atoms with Crippen molar-refractivity contribution in [3.63, 3.8) is 0 Å². The van der Waals surface area contributed by atoms with Crippen molar-refractivity contribution in [1.29, 1.82) is 0 Å². The van der Waals surface area contributed by atoms with Crippen LogP contribution in [0.1, 0.15) is 20.8 Å². The summed E-state index contributed by atoms with van der Waals surface area (Å²) in [7, 11) is 0. The van der Waals surface area contributed by atoms with Crippen molar-refractivity contribution in [2.24, 2.45) is 0 Å². The van der Waals surface area contributed by atoms with Gasteiger partial charge in [0.25, 0.3) is 0 Å². The van der Waals surface area contributed by atoms with Crippen molar-refractivity contribution in [2.75, 3.05) is 16.4 Å². The standard InChI is InChI=1S/C17H18F3N3O2/c1-17(2,3)25-16(24)22-10-4-5-13(21)14(8-10)23-15-11(19)6-9(18)7-12(15)20/h4-8,23H,21H2,1-3H3,(H,22,24). The molecule has 0 fully saturated rings. The van der Waals surface area contributed by atoms with Crippen LogP contribution in [0.15, 0.2) is 30.3 Å². The van der Waals surface area contributed by atoms with Crippen molar-refractivity contribution in [1.82, 2.24) is 0 Å². The fourth-order valence-corrected chi connectivity index (χ4v) is 1.96. The van der Waals surface area contributed by atoms with E-state index in [1.807, 2.05) is 0 Å². The summed E-state index contributed by atoms with van der Waals surface area (Å²) in [6.07, 6.45) is -0.692. The Morgan fingerprint density at radius 1 is 1.08 bits per heavy atom. The third-order valence-corrected chi connectivity index (χ3v) is 2.97. The van der Waals surface area contributed by atoms with Crippen molar-refractivity contribution in [3.8, 4) is 0 Å². The Morgan fingerprint density at radius 3 is 2.24 bits per heavy atom. The molecular formula is C17H18F3N3O2. The lowest BCUT2D eigenvalue weighted by atomic mass is 10.2. The number of carbonyl (C=O) groups excluding carboxylic acids is 1. The summed E-state index contributed by atoms with van der Waals surface area (Å²) in [6.45, 7) is 5.13. The van der Waals surface area contributed by atoms with Gasteiger partial charge in [0.1, 0.15) is 17.1 Å². The fraction of sp³-hybridized carbons (Fsp3) is 0.235. The van der Waals surface area contributed by atoms with Crippen LogP contribution in [0.2, 0.25) is 0 Å². The van der Waals surface area contributed by atoms with Crippen LogP contribution < -0.4 is 16.4 Å². The Kier molecular flexibility index (Phi) is 5.10. The molecular weight excluding hydrogens is 335 g/mol. The summed E-state index contributed by atoms with van der Waals surface area (Å²) in [5.41, 5.74) is 5.16. The second-order valence-corrected chi connectivity index (χ2v) is 6.30. The molecule has 2 rings (SSSR count). The van der Waals surface area contributed by atoms with Gasteiger partial charge in [-0.15, -0.1) is 0 Å². The fourth-order valence-electron chi connectivity index (χ4n) is 1.96. The number of ether oxygens (including phenoxy) is 1. The van der Waals surface area contributed by atoms with E-state index in [2.05, 4.69) is 10.6 Å². The lowest BCUT2D eigenvalue weighted by Gasteiger charge is -2.20. The molecule has 0 saturated carbocycles. The first-order valence-electron chi connectivity index (χ1n) is 7.36. The van der Waals surface area contributed by atoms with E-state index in [9.17, 15) is 18.0 Å². The number of amides is 1. The monoisotopic (exact) mass is 353 g/mol. The second kappa shape index (κ2) is 6.92. The van der Waals surface area contributed by atoms with Gasteiger partial charge in [0.05, 0.1) is 11.4 Å². The summed E-state index contributed by atoms with van der Waals surface area (Å²) in [4.78, 5) is 11.8. The number of benzene rings is 2. The van der Waals surface area contributed by atoms with Crippen molar-refractivity contribution >= 4 is 28.8 Å². The molecule has 0 atom stereocenters. The maximum absolute atomic E-state index is 13.8. The van der Waals surface area contributed by atoms with Gasteiger partial charge in [0.15, 0.2) is 11.6 Å². The van der Waals surface area contributed by atoms with E-state index in [-0.39, 0.29) is 11.4 Å². The van der Waals surface area contributed by atoms with Crippen LogP contribution in [0.3, 0.4) is 0 Å². The second-order valence-electron chi connectivity index (χ2n) is 6.30. The van der Waals surface area contributed by atoms with Crippen molar-refractivity contribution < 1.29 is 22.7 Å². The number of halogens is 3. The first kappa shape index (κ1) is 18.4. The van der Waals surface area contributed by atoms with E-state index in [4.69, 9.17) is 10.5 Å². The molecule has 4 N–H and O–H groups in total. The highest BCUT2D eigenvalue weighted by Crippen LogP contribution is 2.30. The molecule has 8 heteroatoms. The number of nitrogens with two attached hydrogens (primary N) is 1. The van der Waals surface area contributed by atoms with Crippen LogP contribution in [0, 0.1) is 17.5 Å². The molecule has 0 spiro atoms. The third kappa shape index (κ3) is 5.03. The first-order valence-corrected chi connectivity index (χ1v) is 7.36. The molecule has 5 nitrogen and oxygen atoms in total. The minimum absolute atomic E-state index is 0.137. The lowest BCUT2D eigenvalue weighted by Crippen LogP contribution is -2.27. The molecule has 0 aromatic heterocycles. The SMILES string of the molecule is CC(C)(C)OC(=O)Nc1ccc(N)c(Nc2c(F)cc(F)cc2F)c1. The molecule has 25 heavy (non-hydrogen) atoms. The molecule has 1 amide bonds. The molecule has 0 aliphatic rings. The van der Waals surface area contributed by atoms with E-state index in [0.717, 1.165) is 0 Å². The average molecular weight is 353 g/mol. The van der Waals surface area contributed by atoms with Crippen LogP contribution in [-0.2, 0) is 4.74 Å². The largest absolute Gasteiger partial charge is 0.444 e. The number of carbonyl (C=O) groups is 1. The number of hydrogen-bond donors (Lipinski definition) is 3. The summed E-state index contributed by atoms with van der Waals surface area (Å²) < 4.78 is 45.6. The topological polar surface area (TPSA) is 76.4 Å². The smallest absolute Gasteiger partial charge is 0.412 e. The summed E-state index contributed by atoms with van der Waals surface area (Å²) in [5.74, 6) is -3.25. The molecule has 0 bridgehead atoms. The Hall–Kier alpha value is -2.90. The van der Waals surface area contributed by atoms with E-state index >= 15 is 0 Å². The Bertz CT molecular complexity index is 781. The van der Waals surface area contributed by atoms with Gasteiger partial charge in [0, 0.05) is 17.8 Å². The predicted molar refractivity (Wildman–Crippen MR) is 90.3 cm³/mol. The van der Waals surface area contributed by atoms with Gasteiger partial charge in [-0.25, -0.2) is 18.0 Å². The molecule has 2 aromatic carbocycles. The van der Waals surface area contributed by atoms with Gasteiger partial charge >= 0.3 is 6.09 Å². The van der Waals surface area contributed by atoms with Crippen molar-refractivity contribution in [3.05, 3.63) is 47.8 Å². The maximum Gasteiger partial charge on any atom is 0.412 e. The van der Waals surface area contributed by atoms with Crippen molar-refractivity contribution in [2.45, 2.75) is 26.4 Å². The van der Waals surface area contributed by atoms with Gasteiger partial charge < -0.3 is 15.8 Å². The van der Waals surface area contributed by atoms with Crippen LogP contribution >= 0.6 is 0 Å². The van der Waals surface area contributed by atoms with Gasteiger partial charge in [0.2, 0.25) is 0 Å². The summed E-state index contributed by atoms with van der Waals surface area (Å²) in [5, 5.41) is 4.95. The third-order valence-electron chi connectivity index (χ3n) is 2.97. The van der Waals surface area contributed by atoms with Gasteiger partial charge in [-0.2, -0.15) is 0 Å². The molecule has 0 aliphatic heterocycles. The Labute approximate surface area is 143 Å². The van der Waals surface area contributed by atoms with Crippen LogP contribution in [0.5, 0.6) is 0 Å². The summed E-state index contributed by atoms with van der Waals surface area (Å²) in [6, 6.07) is 5.41. The highest BCUT2D eigenvalue weighted by Gasteiger charge is 2.17. The van der Waals surface area contributed by atoms with E-state index < -0.39 is 34.8 Å². The first-order chi connectivity index (χ1) is 11.5. The number of rotatable bonds is 3. The quantitative estimate of drug-likeness (QED) is 0.694. The Balaban J connectivity index is 2.24. The number of hydrogen-bond acceptors (Lipinski definition) is 4. The van der Waals surface area contributed by atoms with Gasteiger partial charge in [-0.3, -0.25) is 5.32 Å². The molecule has 0 unspecified atom stereocenters. The van der Waals surface area contributed by atoms with Crippen LogP contribution in [-0.4, -0.2) is 11.7 Å². The zero-order valence-corrected chi connectivity index (χ0v) is 13.9. The highest BCUT2D eigenvalue weighted by molar-refractivity contribution is 5.87.